The predicted molar refractivity (Wildman–Crippen MR) is 177 cm³/mol. The zero-order valence-corrected chi connectivity index (χ0v) is 26.8. The summed E-state index contributed by atoms with van der Waals surface area (Å²) in [5.74, 6) is 0.491. The summed E-state index contributed by atoms with van der Waals surface area (Å²) >= 11 is 0. The highest BCUT2D eigenvalue weighted by atomic mass is 16.3. The highest BCUT2D eigenvalue weighted by Crippen LogP contribution is 2.33. The van der Waals surface area contributed by atoms with E-state index in [1.54, 1.807) is 0 Å². The molecule has 2 rings (SSSR count). The van der Waals surface area contributed by atoms with Crippen LogP contribution in [0.25, 0.3) is 17.2 Å². The maximum atomic E-state index is 11.1. The first-order valence-corrected chi connectivity index (χ1v) is 16.6. The van der Waals surface area contributed by atoms with Crippen molar-refractivity contribution in [2.75, 3.05) is 0 Å². The molecule has 40 heavy (non-hydrogen) atoms. The van der Waals surface area contributed by atoms with Crippen molar-refractivity contribution in [1.29, 1.82) is 0 Å². The van der Waals surface area contributed by atoms with Gasteiger partial charge in [-0.2, -0.15) is 0 Å². The molecule has 0 saturated carbocycles. The molecule has 0 bridgehead atoms. The van der Waals surface area contributed by atoms with Crippen molar-refractivity contribution in [1.82, 2.24) is 5.32 Å². The first-order valence-electron chi connectivity index (χ1n) is 16.6. The van der Waals surface area contributed by atoms with Gasteiger partial charge in [0.15, 0.2) is 0 Å². The van der Waals surface area contributed by atoms with Crippen molar-refractivity contribution in [3.05, 3.63) is 58.5 Å². The van der Waals surface area contributed by atoms with Crippen LogP contribution in [0.4, 0.5) is 0 Å². The molecule has 0 aliphatic heterocycles. The van der Waals surface area contributed by atoms with Crippen LogP contribution in [-0.4, -0.2) is 11.6 Å². The maximum absolute atomic E-state index is 11.1. The minimum atomic E-state index is -0.701. The highest BCUT2D eigenvalue weighted by Gasteiger charge is 2.21. The molecule has 0 saturated heterocycles. The zero-order valence-electron chi connectivity index (χ0n) is 26.8. The van der Waals surface area contributed by atoms with E-state index in [1.165, 1.54) is 107 Å². The molecule has 2 atom stereocenters. The first kappa shape index (κ1) is 34.2. The fraction of sp³-hybridized carbons (Fsp3) is 0.676. The number of hydrogen-bond donors (Lipinski definition) is 1. The third-order valence-electron chi connectivity index (χ3n) is 8.44. The zero-order chi connectivity index (χ0) is 29.2. The van der Waals surface area contributed by atoms with E-state index < -0.39 is 5.54 Å². The number of nitrogens with one attached hydrogen (secondary N) is 1. The molecule has 2 unspecified atom stereocenters. The van der Waals surface area contributed by atoms with E-state index in [-0.39, 0.29) is 0 Å². The van der Waals surface area contributed by atoms with E-state index in [2.05, 4.69) is 80.7 Å². The normalized spacial score (nSPS) is 13.9. The highest BCUT2D eigenvalue weighted by molar-refractivity contribution is 5.79. The van der Waals surface area contributed by atoms with Gasteiger partial charge in [0.1, 0.15) is 5.54 Å². The molecule has 0 amide bonds. The maximum Gasteiger partial charge on any atom is 0.115 e. The molecule has 0 spiro atoms. The molecule has 224 valence electrons. The number of nitrogens with zero attached hydrogens (tertiary/aromatic N) is 1. The lowest BCUT2D eigenvalue weighted by atomic mass is 9.93. The summed E-state index contributed by atoms with van der Waals surface area (Å²) in [7, 11) is 0. The quantitative estimate of drug-likeness (QED) is 0.117. The van der Waals surface area contributed by atoms with Gasteiger partial charge in [0, 0.05) is 12.1 Å². The summed E-state index contributed by atoms with van der Waals surface area (Å²) < 4.78 is 0. The van der Waals surface area contributed by atoms with Crippen LogP contribution in [0.1, 0.15) is 155 Å². The lowest BCUT2D eigenvalue weighted by Crippen LogP contribution is -2.35. The minimum absolute atomic E-state index is 0.308. The Hall–Kier alpha value is -2.00. The van der Waals surface area contributed by atoms with Gasteiger partial charge in [-0.1, -0.05) is 159 Å². The average Bonchev–Trinajstić information content (AvgIpc) is 3.19. The molecule has 3 nitrogen and oxygen atoms in total. The smallest absolute Gasteiger partial charge is 0.115 e. The van der Waals surface area contributed by atoms with Crippen LogP contribution < -0.4 is 5.32 Å². The van der Waals surface area contributed by atoms with Crippen molar-refractivity contribution in [3.63, 3.8) is 0 Å². The van der Waals surface area contributed by atoms with Gasteiger partial charge in [-0.3, -0.25) is 0 Å². The lowest BCUT2D eigenvalue weighted by Gasteiger charge is -2.28. The van der Waals surface area contributed by atoms with Gasteiger partial charge >= 0.3 is 0 Å². The average molecular weight is 549 g/mol. The number of fused-ring (bicyclic) bond motifs is 1. The summed E-state index contributed by atoms with van der Waals surface area (Å²) in [5, 5.41) is 7.29. The third-order valence-corrected chi connectivity index (χ3v) is 8.44. The van der Waals surface area contributed by atoms with E-state index >= 15 is 0 Å². The van der Waals surface area contributed by atoms with Crippen molar-refractivity contribution < 1.29 is 0 Å². The second-order valence-corrected chi connectivity index (χ2v) is 12.9. The van der Waals surface area contributed by atoms with Gasteiger partial charge in [0.2, 0.25) is 0 Å². The van der Waals surface area contributed by atoms with Gasteiger partial charge in [0.25, 0.3) is 0 Å². The van der Waals surface area contributed by atoms with Crippen LogP contribution in [0, 0.1) is 10.8 Å². The Morgan fingerprint density at radius 2 is 1.43 bits per heavy atom. The summed E-state index contributed by atoms with van der Waals surface area (Å²) in [4.78, 5) is 11.1. The summed E-state index contributed by atoms with van der Waals surface area (Å²) in [6.07, 6.45) is 24.6. The van der Waals surface area contributed by atoms with Crippen molar-refractivity contribution in [2.45, 2.75) is 155 Å². The van der Waals surface area contributed by atoms with Crippen LogP contribution in [0.15, 0.2) is 47.7 Å². The number of unbranched alkanes of at least 4 members (excludes halogenated alkanes) is 12. The molecule has 0 radical (unpaired) electrons. The molecule has 0 aromatic carbocycles. The van der Waals surface area contributed by atoms with E-state index in [9.17, 15) is 4.91 Å². The Morgan fingerprint density at radius 3 is 1.98 bits per heavy atom. The Kier molecular flexibility index (Phi) is 16.4. The van der Waals surface area contributed by atoms with Crippen molar-refractivity contribution in [2.24, 2.45) is 11.1 Å². The first-order chi connectivity index (χ1) is 19.3. The molecule has 1 N–H and O–H groups in total. The molecule has 0 heterocycles. The summed E-state index contributed by atoms with van der Waals surface area (Å²) in [5.41, 5.74) is 4.24. The number of nitroso groups, excluding NO2 is 1. The van der Waals surface area contributed by atoms with E-state index in [0.29, 0.717) is 18.0 Å². The fourth-order valence-electron chi connectivity index (χ4n) is 5.72. The van der Waals surface area contributed by atoms with Gasteiger partial charge in [-0.05, 0) is 60.9 Å². The standard InChI is InChI=1S/C37H60N2O/c1-7-9-10-11-12-13-14-15-16-17-18-19-20-24-34(8-2)38-36(30(3)4)33-23-21-22-31-25-26-32(35(31)29-33)27-28-37(5,6)39-40/h21-23,25-30,34,36,38H,7-20,24H2,1-6H3. The summed E-state index contributed by atoms with van der Waals surface area (Å²) in [6.45, 7) is 12.9. The van der Waals surface area contributed by atoms with Crippen LogP contribution in [0.2, 0.25) is 0 Å². The van der Waals surface area contributed by atoms with Gasteiger partial charge in [-0.25, -0.2) is 0 Å². The van der Waals surface area contributed by atoms with Gasteiger partial charge in [-0.15, -0.1) is 4.91 Å². The molecule has 0 aromatic heterocycles. The van der Waals surface area contributed by atoms with Crippen LogP contribution in [-0.2, 0) is 0 Å². The van der Waals surface area contributed by atoms with Gasteiger partial charge < -0.3 is 5.32 Å². The SMILES string of the molecule is CCCCCCCCCCCCCCCC(CC)NC(c1cccc2ccc(C=CC(C)(C)N=O)c-2c1)C(C)C. The third kappa shape index (κ3) is 12.7. The molecule has 0 aromatic rings. The Morgan fingerprint density at radius 1 is 0.825 bits per heavy atom. The topological polar surface area (TPSA) is 41.5 Å². The molecule has 0 fully saturated rings. The molecule has 2 aliphatic rings. The predicted octanol–water partition coefficient (Wildman–Crippen LogP) is 11.9. The van der Waals surface area contributed by atoms with E-state index in [4.69, 9.17) is 0 Å². The Balaban J connectivity index is 1.85. The van der Waals surface area contributed by atoms with E-state index in [1.807, 2.05) is 19.9 Å². The van der Waals surface area contributed by atoms with Crippen molar-refractivity contribution >= 4 is 6.08 Å². The molecular formula is C37H60N2O. The minimum Gasteiger partial charge on any atom is -0.307 e. The second kappa shape index (κ2) is 19.2. The molecule has 3 heteroatoms. The van der Waals surface area contributed by atoms with E-state index in [0.717, 1.165) is 12.0 Å². The van der Waals surface area contributed by atoms with Crippen molar-refractivity contribution in [3.8, 4) is 11.1 Å². The fourth-order valence-corrected chi connectivity index (χ4v) is 5.72. The number of hydrogen-bond acceptors (Lipinski definition) is 3. The Labute approximate surface area is 247 Å². The monoisotopic (exact) mass is 548 g/mol. The molecule has 2 aliphatic carbocycles. The largest absolute Gasteiger partial charge is 0.307 e. The Bertz CT molecular complexity index is 947. The molecular weight excluding hydrogens is 488 g/mol. The number of rotatable bonds is 22. The van der Waals surface area contributed by atoms with Crippen LogP contribution in [0.5, 0.6) is 0 Å². The lowest BCUT2D eigenvalue weighted by molar-refractivity contribution is 0.334. The second-order valence-electron chi connectivity index (χ2n) is 12.9. The van der Waals surface area contributed by atoms with Gasteiger partial charge in [0.05, 0.1) is 0 Å². The van der Waals surface area contributed by atoms with Crippen LogP contribution >= 0.6 is 0 Å². The summed E-state index contributed by atoms with van der Waals surface area (Å²) in [6, 6.07) is 14.2. The van der Waals surface area contributed by atoms with Crippen LogP contribution in [0.3, 0.4) is 0 Å².